The van der Waals surface area contributed by atoms with Gasteiger partial charge in [0.1, 0.15) is 17.3 Å². The molecule has 0 unspecified atom stereocenters. The van der Waals surface area contributed by atoms with E-state index in [-0.39, 0.29) is 11.4 Å². The average Bonchev–Trinajstić information content (AvgIpc) is 2.70. The van der Waals surface area contributed by atoms with Crippen LogP contribution in [0.4, 0.5) is 8.78 Å². The molecule has 0 radical (unpaired) electrons. The summed E-state index contributed by atoms with van der Waals surface area (Å²) >= 11 is 0. The number of hydrogen-bond acceptors (Lipinski definition) is 1. The maximum Gasteiger partial charge on any atom is 0.352 e. The van der Waals surface area contributed by atoms with E-state index in [0.717, 1.165) is 22.8 Å². The summed E-state index contributed by atoms with van der Waals surface area (Å²) in [6.45, 7) is 0. The summed E-state index contributed by atoms with van der Waals surface area (Å²) in [5, 5.41) is 8.84. The Morgan fingerprint density at radius 3 is 2.69 bits per heavy atom. The summed E-state index contributed by atoms with van der Waals surface area (Å²) < 4.78 is 27.4. The Bertz CT molecular complexity index is 549. The van der Waals surface area contributed by atoms with E-state index >= 15 is 0 Å². The smallest absolute Gasteiger partial charge is 0.352 e. The monoisotopic (exact) mass is 223 g/mol. The van der Waals surface area contributed by atoms with Gasteiger partial charge in [0, 0.05) is 12.3 Å². The zero-order valence-electron chi connectivity index (χ0n) is 8.02. The van der Waals surface area contributed by atoms with E-state index in [4.69, 9.17) is 5.11 Å². The predicted octanol–water partition coefficient (Wildman–Crippen LogP) is 2.45. The Balaban J connectivity index is 2.62. The summed E-state index contributed by atoms with van der Waals surface area (Å²) in [6, 6.07) is 5.64. The fourth-order valence-corrected chi connectivity index (χ4v) is 1.44. The van der Waals surface area contributed by atoms with Crippen LogP contribution in [0.5, 0.6) is 0 Å². The minimum atomic E-state index is -1.20. The van der Waals surface area contributed by atoms with Crippen molar-refractivity contribution in [3.8, 4) is 5.69 Å². The lowest BCUT2D eigenvalue weighted by Gasteiger charge is -2.07. The highest BCUT2D eigenvalue weighted by atomic mass is 19.1. The minimum absolute atomic E-state index is 0.121. The van der Waals surface area contributed by atoms with Gasteiger partial charge in [-0.3, -0.25) is 0 Å². The second-order valence-electron chi connectivity index (χ2n) is 3.16. The van der Waals surface area contributed by atoms with Crippen molar-refractivity contribution in [3.05, 3.63) is 53.9 Å². The zero-order valence-corrected chi connectivity index (χ0v) is 8.02. The number of carbonyl (C=O) groups is 1. The van der Waals surface area contributed by atoms with E-state index in [1.54, 1.807) is 0 Å². The Kier molecular flexibility index (Phi) is 2.44. The van der Waals surface area contributed by atoms with Crippen molar-refractivity contribution < 1.29 is 18.7 Å². The van der Waals surface area contributed by atoms with Crippen molar-refractivity contribution in [2.24, 2.45) is 0 Å². The van der Waals surface area contributed by atoms with Gasteiger partial charge in [0.2, 0.25) is 0 Å². The SMILES string of the molecule is O=C(O)c1cccn1-c1cc(F)ccc1F. The van der Waals surface area contributed by atoms with Crippen LogP contribution >= 0.6 is 0 Å². The molecule has 2 aromatic rings. The number of aromatic carboxylic acids is 1. The molecule has 82 valence electrons. The van der Waals surface area contributed by atoms with Crippen molar-refractivity contribution in [1.29, 1.82) is 0 Å². The predicted molar refractivity (Wildman–Crippen MR) is 52.6 cm³/mol. The van der Waals surface area contributed by atoms with Gasteiger partial charge in [-0.05, 0) is 24.3 Å². The molecule has 1 heterocycles. The molecule has 2 rings (SSSR count). The normalized spacial score (nSPS) is 10.4. The van der Waals surface area contributed by atoms with Gasteiger partial charge >= 0.3 is 5.97 Å². The van der Waals surface area contributed by atoms with Gasteiger partial charge < -0.3 is 9.67 Å². The van der Waals surface area contributed by atoms with Crippen molar-refractivity contribution in [2.45, 2.75) is 0 Å². The van der Waals surface area contributed by atoms with Gasteiger partial charge in [0.15, 0.2) is 0 Å². The third-order valence-electron chi connectivity index (χ3n) is 2.14. The van der Waals surface area contributed by atoms with Crippen LogP contribution in [0.2, 0.25) is 0 Å². The molecule has 0 saturated heterocycles. The molecule has 0 aliphatic rings. The fraction of sp³-hybridized carbons (Fsp3) is 0. The standard InChI is InChI=1S/C11H7F2NO2/c12-7-3-4-8(13)10(6-7)14-5-1-2-9(14)11(15)16/h1-6H,(H,15,16). The van der Waals surface area contributed by atoms with Crippen LogP contribution < -0.4 is 0 Å². The molecule has 0 atom stereocenters. The molecule has 0 bridgehead atoms. The van der Waals surface area contributed by atoms with E-state index in [2.05, 4.69) is 0 Å². The second kappa shape index (κ2) is 3.77. The number of hydrogen-bond donors (Lipinski definition) is 1. The molecular weight excluding hydrogens is 216 g/mol. The van der Waals surface area contributed by atoms with E-state index in [9.17, 15) is 13.6 Å². The first-order valence-electron chi connectivity index (χ1n) is 4.45. The Hall–Kier alpha value is -2.17. The summed E-state index contributed by atoms with van der Waals surface area (Å²) in [6.07, 6.45) is 1.36. The molecular formula is C11H7F2NO2. The van der Waals surface area contributed by atoms with Gasteiger partial charge in [-0.25, -0.2) is 13.6 Å². The van der Waals surface area contributed by atoms with Crippen LogP contribution in [0.15, 0.2) is 36.5 Å². The zero-order chi connectivity index (χ0) is 11.7. The van der Waals surface area contributed by atoms with E-state index in [1.807, 2.05) is 0 Å². The summed E-state index contributed by atoms with van der Waals surface area (Å²) in [5.41, 5.74) is -0.244. The van der Waals surface area contributed by atoms with Crippen LogP contribution in [0, 0.1) is 11.6 Å². The highest BCUT2D eigenvalue weighted by Gasteiger charge is 2.13. The van der Waals surface area contributed by atoms with Crippen molar-refractivity contribution in [3.63, 3.8) is 0 Å². The molecule has 1 aromatic heterocycles. The Morgan fingerprint density at radius 1 is 1.25 bits per heavy atom. The number of carboxylic acid groups (broad SMARTS) is 1. The molecule has 0 aliphatic carbocycles. The average molecular weight is 223 g/mol. The summed E-state index contributed by atoms with van der Waals surface area (Å²) in [5.74, 6) is -2.50. The van der Waals surface area contributed by atoms with E-state index < -0.39 is 17.6 Å². The number of aromatic nitrogens is 1. The lowest BCUT2D eigenvalue weighted by molar-refractivity contribution is 0.0688. The quantitative estimate of drug-likeness (QED) is 0.849. The number of carboxylic acids is 1. The van der Waals surface area contributed by atoms with Crippen molar-refractivity contribution in [2.75, 3.05) is 0 Å². The maximum absolute atomic E-state index is 13.4. The maximum atomic E-state index is 13.4. The van der Waals surface area contributed by atoms with Gasteiger partial charge in [-0.15, -0.1) is 0 Å². The molecule has 5 heteroatoms. The van der Waals surface area contributed by atoms with Crippen LogP contribution in [-0.4, -0.2) is 15.6 Å². The van der Waals surface area contributed by atoms with Gasteiger partial charge in [0.05, 0.1) is 5.69 Å². The Labute approximate surface area is 89.6 Å². The van der Waals surface area contributed by atoms with Crippen LogP contribution in [0.3, 0.4) is 0 Å². The van der Waals surface area contributed by atoms with E-state index in [1.165, 1.54) is 18.3 Å². The van der Waals surface area contributed by atoms with Crippen LogP contribution in [0.25, 0.3) is 5.69 Å². The highest BCUT2D eigenvalue weighted by molar-refractivity contribution is 5.86. The van der Waals surface area contributed by atoms with E-state index in [0.29, 0.717) is 0 Å². The number of rotatable bonds is 2. The summed E-state index contributed by atoms with van der Waals surface area (Å²) in [7, 11) is 0. The molecule has 0 fully saturated rings. The molecule has 3 nitrogen and oxygen atoms in total. The fourth-order valence-electron chi connectivity index (χ4n) is 1.44. The molecule has 16 heavy (non-hydrogen) atoms. The topological polar surface area (TPSA) is 42.2 Å². The molecule has 0 aliphatic heterocycles. The molecule has 0 spiro atoms. The molecule has 0 saturated carbocycles. The number of halogens is 2. The Morgan fingerprint density at radius 2 is 2.00 bits per heavy atom. The number of nitrogens with zero attached hydrogens (tertiary/aromatic N) is 1. The number of benzene rings is 1. The molecule has 0 amide bonds. The van der Waals surface area contributed by atoms with Crippen LogP contribution in [0.1, 0.15) is 10.5 Å². The van der Waals surface area contributed by atoms with Gasteiger partial charge in [-0.2, -0.15) is 0 Å². The third kappa shape index (κ3) is 1.67. The molecule has 1 aromatic carbocycles. The van der Waals surface area contributed by atoms with Gasteiger partial charge in [-0.1, -0.05) is 0 Å². The lowest BCUT2D eigenvalue weighted by atomic mass is 10.3. The first kappa shape index (κ1) is 10.4. The largest absolute Gasteiger partial charge is 0.477 e. The molecule has 1 N–H and O–H groups in total. The van der Waals surface area contributed by atoms with Crippen molar-refractivity contribution >= 4 is 5.97 Å². The van der Waals surface area contributed by atoms with Gasteiger partial charge in [0.25, 0.3) is 0 Å². The first-order chi connectivity index (χ1) is 7.59. The minimum Gasteiger partial charge on any atom is -0.477 e. The second-order valence-corrected chi connectivity index (χ2v) is 3.16. The van der Waals surface area contributed by atoms with Crippen molar-refractivity contribution in [1.82, 2.24) is 4.57 Å². The summed E-state index contributed by atoms with van der Waals surface area (Å²) in [4.78, 5) is 10.8. The first-order valence-corrected chi connectivity index (χ1v) is 4.45. The highest BCUT2D eigenvalue weighted by Crippen LogP contribution is 2.17. The van der Waals surface area contributed by atoms with Crippen LogP contribution in [-0.2, 0) is 0 Å². The lowest BCUT2D eigenvalue weighted by Crippen LogP contribution is -2.07. The third-order valence-corrected chi connectivity index (χ3v) is 2.14.